The van der Waals surface area contributed by atoms with E-state index in [9.17, 15) is 24.3 Å². The number of rotatable bonds is 18. The van der Waals surface area contributed by atoms with Gasteiger partial charge in [0.1, 0.15) is 13.2 Å². The van der Waals surface area contributed by atoms with E-state index in [-0.39, 0.29) is 32.0 Å². The monoisotopic (exact) mass is 666 g/mol. The Kier molecular flexibility index (Phi) is 14.3. The van der Waals surface area contributed by atoms with Gasteiger partial charge in [-0.2, -0.15) is 0 Å². The van der Waals surface area contributed by atoms with Gasteiger partial charge in [-0.25, -0.2) is 4.79 Å². The number of allylic oxidation sites excluding steroid dienone is 2. The molecule has 1 aliphatic heterocycles. The number of aliphatic hydroxyl groups is 1. The van der Waals surface area contributed by atoms with E-state index in [2.05, 4.69) is 18.5 Å². The maximum absolute atomic E-state index is 13.7. The van der Waals surface area contributed by atoms with Gasteiger partial charge in [0, 0.05) is 13.0 Å². The fourth-order valence-corrected chi connectivity index (χ4v) is 5.95. The zero-order valence-electron chi connectivity index (χ0n) is 27.9. The van der Waals surface area contributed by atoms with Gasteiger partial charge < -0.3 is 24.8 Å². The smallest absolute Gasteiger partial charge is 0.332 e. The number of carbonyl (C=O) groups is 4. The Morgan fingerprint density at radius 2 is 1.49 bits per heavy atom. The van der Waals surface area contributed by atoms with E-state index in [1.807, 2.05) is 72.8 Å². The Balaban J connectivity index is 1.47. The van der Waals surface area contributed by atoms with Crippen LogP contribution in [0.1, 0.15) is 47.9 Å². The van der Waals surface area contributed by atoms with Crippen molar-refractivity contribution in [2.45, 2.75) is 63.8 Å². The summed E-state index contributed by atoms with van der Waals surface area (Å²) in [5, 5.41) is 12.8. The number of ether oxygens (including phenoxy) is 2. The highest BCUT2D eigenvalue weighted by molar-refractivity contribution is 5.89. The van der Waals surface area contributed by atoms with E-state index in [0.717, 1.165) is 22.3 Å². The Morgan fingerprint density at radius 3 is 2.14 bits per heavy atom. The minimum absolute atomic E-state index is 0.0382. The van der Waals surface area contributed by atoms with E-state index in [1.165, 1.54) is 0 Å². The van der Waals surface area contributed by atoms with Crippen LogP contribution in [-0.2, 0) is 54.6 Å². The second-order valence-corrected chi connectivity index (χ2v) is 12.3. The molecule has 3 aromatic carbocycles. The van der Waals surface area contributed by atoms with Crippen LogP contribution in [0.4, 0.5) is 0 Å². The number of hydrogen-bond donors (Lipinski definition) is 2. The van der Waals surface area contributed by atoms with E-state index in [4.69, 9.17) is 9.47 Å². The van der Waals surface area contributed by atoms with Crippen LogP contribution in [-0.4, -0.2) is 59.1 Å². The molecule has 0 saturated heterocycles. The minimum Gasteiger partial charge on any atom is -0.463 e. The molecule has 0 spiro atoms. The molecule has 0 bridgehead atoms. The van der Waals surface area contributed by atoms with Crippen LogP contribution in [0.3, 0.4) is 0 Å². The molecular weight excluding hydrogens is 620 g/mol. The fraction of sp³-hybridized carbons (Fsp3) is 0.350. The zero-order chi connectivity index (χ0) is 35.0. The van der Waals surface area contributed by atoms with Gasteiger partial charge >= 0.3 is 11.9 Å². The van der Waals surface area contributed by atoms with Crippen LogP contribution in [0.5, 0.6) is 0 Å². The third-order valence-corrected chi connectivity index (χ3v) is 8.72. The van der Waals surface area contributed by atoms with Crippen LogP contribution >= 0.6 is 0 Å². The van der Waals surface area contributed by atoms with Gasteiger partial charge in [0.2, 0.25) is 11.8 Å². The van der Waals surface area contributed by atoms with Crippen molar-refractivity contribution < 1.29 is 33.8 Å². The average molecular weight is 667 g/mol. The molecule has 4 rings (SSSR count). The number of hydrogen-bond acceptors (Lipinski definition) is 7. The molecule has 0 fully saturated rings. The Morgan fingerprint density at radius 1 is 0.837 bits per heavy atom. The van der Waals surface area contributed by atoms with Gasteiger partial charge in [0.05, 0.1) is 24.5 Å². The van der Waals surface area contributed by atoms with Crippen LogP contribution in [0.25, 0.3) is 0 Å². The highest BCUT2D eigenvalue weighted by atomic mass is 16.6. The van der Waals surface area contributed by atoms with Crippen LogP contribution in [0.2, 0.25) is 0 Å². The minimum atomic E-state index is -1.31. The zero-order valence-corrected chi connectivity index (χ0v) is 27.9. The summed E-state index contributed by atoms with van der Waals surface area (Å²) in [6.45, 7) is 7.16. The van der Waals surface area contributed by atoms with Gasteiger partial charge in [-0.15, -0.1) is 13.2 Å². The molecule has 1 aliphatic rings. The maximum Gasteiger partial charge on any atom is 0.332 e. The van der Waals surface area contributed by atoms with Crippen molar-refractivity contribution in [3.63, 3.8) is 0 Å². The molecule has 0 unspecified atom stereocenters. The molecule has 0 aromatic heterocycles. The van der Waals surface area contributed by atoms with Gasteiger partial charge in [-0.1, -0.05) is 97.1 Å². The summed E-state index contributed by atoms with van der Waals surface area (Å²) in [5.41, 5.74) is 3.79. The lowest BCUT2D eigenvalue weighted by Crippen LogP contribution is -2.50. The summed E-state index contributed by atoms with van der Waals surface area (Å²) in [5.74, 6) is -3.49. The van der Waals surface area contributed by atoms with E-state index < -0.39 is 48.4 Å². The highest BCUT2D eigenvalue weighted by Gasteiger charge is 2.34. The summed E-state index contributed by atoms with van der Waals surface area (Å²) >= 11 is 0. The SMILES string of the molecule is C=CCC[C@H](Cc1ccccc1)C(=O)OC[C@@H](NC(=O)[C@H](CC=C)CC(=O)N1Cc2ccccc2C[C@H]1CO)C(=O)OCc1ccccc1. The molecule has 0 radical (unpaired) electrons. The first-order chi connectivity index (χ1) is 23.8. The van der Waals surface area contributed by atoms with E-state index >= 15 is 0 Å². The lowest BCUT2D eigenvalue weighted by molar-refractivity contribution is -0.157. The summed E-state index contributed by atoms with van der Waals surface area (Å²) in [6, 6.07) is 24.7. The van der Waals surface area contributed by atoms with E-state index in [0.29, 0.717) is 32.2 Å². The van der Waals surface area contributed by atoms with Crippen molar-refractivity contribution in [3.8, 4) is 0 Å². The van der Waals surface area contributed by atoms with Crippen molar-refractivity contribution in [1.29, 1.82) is 0 Å². The molecular formula is C40H46N2O7. The molecule has 9 heteroatoms. The number of nitrogens with one attached hydrogen (secondary N) is 1. The largest absolute Gasteiger partial charge is 0.463 e. The Labute approximate surface area is 288 Å². The molecule has 0 aliphatic carbocycles. The van der Waals surface area contributed by atoms with Crippen molar-refractivity contribution in [2.24, 2.45) is 11.8 Å². The molecule has 3 aromatic rings. The molecule has 0 saturated carbocycles. The summed E-state index contributed by atoms with van der Waals surface area (Å²) in [7, 11) is 0. The van der Waals surface area contributed by atoms with Crippen LogP contribution in [0, 0.1) is 11.8 Å². The molecule has 2 N–H and O–H groups in total. The molecule has 258 valence electrons. The van der Waals surface area contributed by atoms with Gasteiger partial charge in [-0.3, -0.25) is 14.4 Å². The van der Waals surface area contributed by atoms with Crippen molar-refractivity contribution >= 4 is 23.8 Å². The first-order valence-electron chi connectivity index (χ1n) is 16.7. The second kappa shape index (κ2) is 19.1. The average Bonchev–Trinajstić information content (AvgIpc) is 3.13. The van der Waals surface area contributed by atoms with Crippen molar-refractivity contribution in [3.05, 3.63) is 132 Å². The van der Waals surface area contributed by atoms with Gasteiger partial charge in [0.15, 0.2) is 6.04 Å². The normalized spacial score (nSPS) is 15.5. The number of aliphatic hydroxyl groups excluding tert-OH is 1. The highest BCUT2D eigenvalue weighted by Crippen LogP contribution is 2.25. The number of nitrogens with zero attached hydrogens (tertiary/aromatic N) is 1. The number of fused-ring (bicyclic) bond motifs is 1. The number of esters is 2. The third kappa shape index (κ3) is 11.0. The number of amides is 2. The second-order valence-electron chi connectivity index (χ2n) is 12.3. The summed E-state index contributed by atoms with van der Waals surface area (Å²) in [4.78, 5) is 55.6. The maximum atomic E-state index is 13.7. The molecule has 1 heterocycles. The lowest BCUT2D eigenvalue weighted by Gasteiger charge is -2.36. The van der Waals surface area contributed by atoms with Crippen LogP contribution < -0.4 is 5.32 Å². The standard InChI is InChI=1S/C40H46N2O7/c1-3-5-19-33(22-29-15-8-6-9-16-29)39(46)49-28-36(40(47)48-27-30-17-10-7-11-18-30)41-38(45)32(14-4-2)24-37(44)42-25-34-21-13-12-20-31(34)23-35(42)26-43/h3-4,6-13,15-18,20-21,32-33,35-36,43H,1-2,5,14,19,22-28H2,(H,41,45)/t32-,33-,35+,36-/m1/s1. The number of carbonyl (C=O) groups excluding carboxylic acids is 4. The van der Waals surface area contributed by atoms with Crippen LogP contribution in [0.15, 0.2) is 110 Å². The predicted octanol–water partition coefficient (Wildman–Crippen LogP) is 5.11. The van der Waals surface area contributed by atoms with E-state index in [1.54, 1.807) is 29.2 Å². The fourth-order valence-electron chi connectivity index (χ4n) is 5.95. The van der Waals surface area contributed by atoms with Gasteiger partial charge in [-0.05, 0) is 54.4 Å². The topological polar surface area (TPSA) is 122 Å². The summed E-state index contributed by atoms with van der Waals surface area (Å²) in [6.07, 6.45) is 5.35. The number of benzene rings is 3. The van der Waals surface area contributed by atoms with Gasteiger partial charge in [0.25, 0.3) is 0 Å². The Bertz CT molecular complexity index is 1560. The Hall–Kier alpha value is -5.02. The van der Waals surface area contributed by atoms with Crippen molar-refractivity contribution in [2.75, 3.05) is 13.2 Å². The molecule has 49 heavy (non-hydrogen) atoms. The molecule has 2 amide bonds. The first kappa shape index (κ1) is 36.8. The lowest BCUT2D eigenvalue weighted by atomic mass is 9.92. The third-order valence-electron chi connectivity index (χ3n) is 8.72. The summed E-state index contributed by atoms with van der Waals surface area (Å²) < 4.78 is 11.2. The molecule has 9 nitrogen and oxygen atoms in total. The molecule has 4 atom stereocenters. The first-order valence-corrected chi connectivity index (χ1v) is 16.7. The quantitative estimate of drug-likeness (QED) is 0.143. The predicted molar refractivity (Wildman–Crippen MR) is 187 cm³/mol. The van der Waals surface area contributed by atoms with Crippen molar-refractivity contribution in [1.82, 2.24) is 10.2 Å².